The molecule has 0 saturated heterocycles. The monoisotopic (exact) mass is 277 g/mol. The Kier molecular flexibility index (Phi) is 5.44. The number of aliphatic hydroxyl groups excluding tert-OH is 1. The average Bonchev–Trinajstić information content (AvgIpc) is 2.45. The Bertz CT molecular complexity index is 431. The summed E-state index contributed by atoms with van der Waals surface area (Å²) in [5.41, 5.74) is 2.82. The summed E-state index contributed by atoms with van der Waals surface area (Å²) in [5, 5.41) is 13.1. The van der Waals surface area contributed by atoms with Crippen LogP contribution in [0.3, 0.4) is 0 Å². The van der Waals surface area contributed by atoms with Gasteiger partial charge in [-0.3, -0.25) is 0 Å². The quantitative estimate of drug-likeness (QED) is 0.839. The van der Waals surface area contributed by atoms with Crippen LogP contribution in [0.15, 0.2) is 18.2 Å². The standard InChI is InChI=1S/C17H27NO2/c1-12(2)8-16(11-19)18-15-6-4-13-5-7-17(20-3)10-14(13)9-15/h5,7,10,12,15-16,18-19H,4,6,8-9,11H2,1-3H3. The van der Waals surface area contributed by atoms with Gasteiger partial charge in [-0.2, -0.15) is 0 Å². The largest absolute Gasteiger partial charge is 0.497 e. The van der Waals surface area contributed by atoms with Crippen LogP contribution in [0.5, 0.6) is 5.75 Å². The van der Waals surface area contributed by atoms with Crippen LogP contribution in [-0.4, -0.2) is 30.9 Å². The van der Waals surface area contributed by atoms with E-state index in [1.807, 2.05) is 6.07 Å². The summed E-state index contributed by atoms with van der Waals surface area (Å²) in [6, 6.07) is 7.06. The van der Waals surface area contributed by atoms with E-state index in [0.29, 0.717) is 12.0 Å². The van der Waals surface area contributed by atoms with Gasteiger partial charge in [-0.15, -0.1) is 0 Å². The molecule has 1 aromatic rings. The number of ether oxygens (including phenoxy) is 1. The molecular weight excluding hydrogens is 250 g/mol. The molecular formula is C17H27NO2. The molecule has 112 valence electrons. The molecule has 2 atom stereocenters. The van der Waals surface area contributed by atoms with Gasteiger partial charge in [0, 0.05) is 12.1 Å². The maximum atomic E-state index is 9.50. The Hall–Kier alpha value is -1.06. The van der Waals surface area contributed by atoms with Gasteiger partial charge in [0.2, 0.25) is 0 Å². The molecule has 0 fully saturated rings. The number of rotatable bonds is 6. The summed E-state index contributed by atoms with van der Waals surface area (Å²) >= 11 is 0. The van der Waals surface area contributed by atoms with E-state index in [1.54, 1.807) is 7.11 Å². The number of methoxy groups -OCH3 is 1. The molecule has 0 aliphatic heterocycles. The normalized spacial score (nSPS) is 19.8. The topological polar surface area (TPSA) is 41.5 Å². The summed E-state index contributed by atoms with van der Waals surface area (Å²) in [5.74, 6) is 1.54. The Morgan fingerprint density at radius 1 is 1.35 bits per heavy atom. The van der Waals surface area contributed by atoms with Crippen LogP contribution in [-0.2, 0) is 12.8 Å². The first-order valence-corrected chi connectivity index (χ1v) is 7.65. The van der Waals surface area contributed by atoms with Crippen molar-refractivity contribution in [3.8, 4) is 5.75 Å². The Morgan fingerprint density at radius 2 is 2.15 bits per heavy atom. The van der Waals surface area contributed by atoms with Crippen molar-refractivity contribution in [2.45, 2.75) is 51.6 Å². The maximum absolute atomic E-state index is 9.50. The van der Waals surface area contributed by atoms with E-state index < -0.39 is 0 Å². The van der Waals surface area contributed by atoms with Crippen LogP contribution in [0.2, 0.25) is 0 Å². The molecule has 0 aromatic heterocycles. The van der Waals surface area contributed by atoms with Gasteiger partial charge in [0.25, 0.3) is 0 Å². The third-order valence-electron chi connectivity index (χ3n) is 4.09. The zero-order valence-electron chi connectivity index (χ0n) is 12.9. The first kappa shape index (κ1) is 15.3. The number of benzene rings is 1. The third kappa shape index (κ3) is 3.97. The number of hydrogen-bond donors (Lipinski definition) is 2. The Morgan fingerprint density at radius 3 is 2.80 bits per heavy atom. The van der Waals surface area contributed by atoms with Crippen LogP contribution < -0.4 is 10.1 Å². The molecule has 0 amide bonds. The van der Waals surface area contributed by atoms with Crippen molar-refractivity contribution in [1.29, 1.82) is 0 Å². The molecule has 20 heavy (non-hydrogen) atoms. The van der Waals surface area contributed by atoms with Gasteiger partial charge in [0.05, 0.1) is 13.7 Å². The number of aryl methyl sites for hydroxylation is 1. The van der Waals surface area contributed by atoms with E-state index in [0.717, 1.165) is 31.4 Å². The van der Waals surface area contributed by atoms with Crippen molar-refractivity contribution in [3.05, 3.63) is 29.3 Å². The van der Waals surface area contributed by atoms with Gasteiger partial charge >= 0.3 is 0 Å². The summed E-state index contributed by atoms with van der Waals surface area (Å²) in [7, 11) is 1.71. The highest BCUT2D eigenvalue weighted by Gasteiger charge is 2.21. The van der Waals surface area contributed by atoms with Crippen molar-refractivity contribution in [3.63, 3.8) is 0 Å². The minimum atomic E-state index is 0.215. The van der Waals surface area contributed by atoms with Crippen molar-refractivity contribution in [2.24, 2.45) is 5.92 Å². The van der Waals surface area contributed by atoms with Gasteiger partial charge in [-0.25, -0.2) is 0 Å². The molecule has 1 aliphatic rings. The Labute approximate surface area is 122 Å². The van der Waals surface area contributed by atoms with Gasteiger partial charge in [-0.05, 0) is 54.9 Å². The van der Waals surface area contributed by atoms with Crippen LogP contribution in [0.1, 0.15) is 37.8 Å². The molecule has 0 heterocycles. The zero-order valence-corrected chi connectivity index (χ0v) is 12.9. The van der Waals surface area contributed by atoms with E-state index in [-0.39, 0.29) is 12.6 Å². The second-order valence-electron chi connectivity index (χ2n) is 6.25. The van der Waals surface area contributed by atoms with Crippen molar-refractivity contribution < 1.29 is 9.84 Å². The van der Waals surface area contributed by atoms with Gasteiger partial charge < -0.3 is 15.2 Å². The molecule has 1 aromatic carbocycles. The summed E-state index contributed by atoms with van der Waals surface area (Å²) in [6.45, 7) is 4.62. The molecule has 0 bridgehead atoms. The molecule has 2 N–H and O–H groups in total. The minimum Gasteiger partial charge on any atom is -0.497 e. The Balaban J connectivity index is 1.99. The van der Waals surface area contributed by atoms with E-state index in [1.165, 1.54) is 11.1 Å². The molecule has 3 nitrogen and oxygen atoms in total. The van der Waals surface area contributed by atoms with Crippen LogP contribution >= 0.6 is 0 Å². The molecule has 2 unspecified atom stereocenters. The SMILES string of the molecule is COc1ccc2c(c1)CC(NC(CO)CC(C)C)CC2. The first-order valence-electron chi connectivity index (χ1n) is 7.65. The van der Waals surface area contributed by atoms with E-state index >= 15 is 0 Å². The van der Waals surface area contributed by atoms with Gasteiger partial charge in [0.1, 0.15) is 5.75 Å². The molecule has 0 spiro atoms. The van der Waals surface area contributed by atoms with Crippen LogP contribution in [0.4, 0.5) is 0 Å². The molecule has 1 aliphatic carbocycles. The zero-order chi connectivity index (χ0) is 14.5. The highest BCUT2D eigenvalue weighted by atomic mass is 16.5. The molecule has 0 saturated carbocycles. The smallest absolute Gasteiger partial charge is 0.119 e. The number of fused-ring (bicyclic) bond motifs is 1. The lowest BCUT2D eigenvalue weighted by Gasteiger charge is -2.30. The van der Waals surface area contributed by atoms with Crippen molar-refractivity contribution in [2.75, 3.05) is 13.7 Å². The number of nitrogens with one attached hydrogen (secondary N) is 1. The highest BCUT2D eigenvalue weighted by Crippen LogP contribution is 2.26. The van der Waals surface area contributed by atoms with E-state index in [9.17, 15) is 5.11 Å². The molecule has 0 radical (unpaired) electrons. The maximum Gasteiger partial charge on any atom is 0.119 e. The van der Waals surface area contributed by atoms with Crippen molar-refractivity contribution >= 4 is 0 Å². The lowest BCUT2D eigenvalue weighted by atomic mass is 9.87. The van der Waals surface area contributed by atoms with Crippen molar-refractivity contribution in [1.82, 2.24) is 5.32 Å². The van der Waals surface area contributed by atoms with Crippen LogP contribution in [0, 0.1) is 5.92 Å². The second kappa shape index (κ2) is 7.09. The second-order valence-corrected chi connectivity index (χ2v) is 6.25. The lowest BCUT2D eigenvalue weighted by Crippen LogP contribution is -2.44. The fourth-order valence-corrected chi connectivity index (χ4v) is 3.10. The molecule has 2 rings (SSSR count). The van der Waals surface area contributed by atoms with E-state index in [4.69, 9.17) is 4.74 Å². The fourth-order valence-electron chi connectivity index (χ4n) is 3.10. The van der Waals surface area contributed by atoms with E-state index in [2.05, 4.69) is 31.3 Å². The minimum absolute atomic E-state index is 0.215. The number of aliphatic hydroxyl groups is 1. The average molecular weight is 277 g/mol. The summed E-state index contributed by atoms with van der Waals surface area (Å²) < 4.78 is 5.31. The number of hydrogen-bond acceptors (Lipinski definition) is 3. The highest BCUT2D eigenvalue weighted by molar-refractivity contribution is 5.37. The third-order valence-corrected chi connectivity index (χ3v) is 4.09. The lowest BCUT2D eigenvalue weighted by molar-refractivity contribution is 0.208. The predicted octanol–water partition coefficient (Wildman–Crippen LogP) is 2.55. The first-order chi connectivity index (χ1) is 9.62. The predicted molar refractivity (Wildman–Crippen MR) is 82.3 cm³/mol. The molecule has 3 heteroatoms. The van der Waals surface area contributed by atoms with Crippen LogP contribution in [0.25, 0.3) is 0 Å². The van der Waals surface area contributed by atoms with Gasteiger partial charge in [0.15, 0.2) is 0 Å². The summed E-state index contributed by atoms with van der Waals surface area (Å²) in [4.78, 5) is 0. The summed E-state index contributed by atoms with van der Waals surface area (Å²) in [6.07, 6.45) is 4.31. The fraction of sp³-hybridized carbons (Fsp3) is 0.647. The van der Waals surface area contributed by atoms with Gasteiger partial charge in [-0.1, -0.05) is 19.9 Å².